The number of fused-ring (bicyclic) bond motifs is 3. The number of nitrogens with zero attached hydrogens (tertiary/aromatic N) is 3. The van der Waals surface area contributed by atoms with Crippen molar-refractivity contribution in [2.75, 3.05) is 145 Å². The Labute approximate surface area is 399 Å². The number of amides is 3. The molecule has 380 valence electrons. The molecule has 0 heterocycles. The molecule has 1 atom stereocenters. The number of nitrogens with one attached hydrogen (secondary N) is 3. The quantitative estimate of drug-likeness (QED) is 0.0280. The average Bonchev–Trinajstić information content (AvgIpc) is 3.64. The Hall–Kier alpha value is -4.93. The maximum atomic E-state index is 13.0. The molecular formula is C47H72N6O15. The van der Waals surface area contributed by atoms with Crippen LogP contribution in [0.3, 0.4) is 0 Å². The fourth-order valence-corrected chi connectivity index (χ4v) is 6.44. The second-order valence-corrected chi connectivity index (χ2v) is 16.0. The Balaban J connectivity index is 1.09. The van der Waals surface area contributed by atoms with E-state index in [4.69, 9.17) is 57.6 Å². The minimum Gasteiger partial charge on any atom is -0.458 e. The molecule has 21 nitrogen and oxygen atoms in total. The molecule has 1 aliphatic carbocycles. The van der Waals surface area contributed by atoms with Gasteiger partial charge in [-0.3, -0.25) is 9.59 Å². The van der Waals surface area contributed by atoms with Crippen molar-refractivity contribution >= 4 is 23.9 Å². The van der Waals surface area contributed by atoms with Crippen molar-refractivity contribution in [1.82, 2.24) is 16.0 Å². The van der Waals surface area contributed by atoms with Gasteiger partial charge in [0.1, 0.15) is 18.2 Å². The Morgan fingerprint density at radius 1 is 0.588 bits per heavy atom. The first-order valence-corrected chi connectivity index (χ1v) is 23.2. The molecule has 0 fully saturated rings. The maximum Gasteiger partial charge on any atom is 0.407 e. The first-order valence-electron chi connectivity index (χ1n) is 23.2. The van der Waals surface area contributed by atoms with Gasteiger partial charge in [0.15, 0.2) is 0 Å². The van der Waals surface area contributed by atoms with Gasteiger partial charge in [0, 0.05) is 43.3 Å². The fourth-order valence-electron chi connectivity index (χ4n) is 6.44. The molecule has 3 rings (SSSR count). The van der Waals surface area contributed by atoms with Crippen LogP contribution in [0, 0.1) is 0 Å². The second-order valence-electron chi connectivity index (χ2n) is 16.0. The highest BCUT2D eigenvalue weighted by molar-refractivity contribution is 5.83. The van der Waals surface area contributed by atoms with Gasteiger partial charge < -0.3 is 68.1 Å². The number of alkyl carbamates (subject to hydrolysis) is 1. The van der Waals surface area contributed by atoms with Gasteiger partial charge >= 0.3 is 12.1 Å². The van der Waals surface area contributed by atoms with Crippen LogP contribution in [0.25, 0.3) is 21.6 Å². The van der Waals surface area contributed by atoms with Gasteiger partial charge in [-0.25, -0.2) is 9.59 Å². The van der Waals surface area contributed by atoms with Crippen LogP contribution in [0.1, 0.15) is 57.1 Å². The summed E-state index contributed by atoms with van der Waals surface area (Å²) in [5.74, 6) is -1.42. The number of azide groups is 1. The number of hydrogen-bond acceptors (Lipinski definition) is 16. The number of benzene rings is 2. The van der Waals surface area contributed by atoms with Crippen LogP contribution in [0.4, 0.5) is 4.79 Å². The standard InChI is InChI=1S/C47H72N6O15/c1-47(2,3)68-45(56)42(52-46(57)67-36-41-39-10-6-4-8-37(39)38-9-5-7-11-40(38)41)12-13-43(54)49-15-16-50-44(55)14-18-58-20-22-60-24-26-62-28-30-64-32-34-66-35-33-65-31-29-63-27-25-61-23-21-59-19-17-51-53-48/h4-11,41-42H,12-36H2,1-3H3,(H,49,54)(H,50,55)(H,52,57)/t42-/m0/s1. The first kappa shape index (κ1) is 57.4. The third-order valence-electron chi connectivity index (χ3n) is 9.60. The lowest BCUT2D eigenvalue weighted by atomic mass is 9.98. The Morgan fingerprint density at radius 3 is 1.41 bits per heavy atom. The molecule has 0 spiro atoms. The van der Waals surface area contributed by atoms with Crippen LogP contribution in [0.2, 0.25) is 0 Å². The summed E-state index contributed by atoms with van der Waals surface area (Å²) in [5, 5.41) is 11.4. The molecule has 0 aromatic heterocycles. The lowest BCUT2D eigenvalue weighted by Crippen LogP contribution is -2.45. The topological polar surface area (TPSA) is 255 Å². The Kier molecular flexibility index (Phi) is 30.5. The molecule has 3 amide bonds. The molecule has 0 bridgehead atoms. The summed E-state index contributed by atoms with van der Waals surface area (Å²) in [6, 6.07) is 14.9. The summed E-state index contributed by atoms with van der Waals surface area (Å²) in [5.41, 5.74) is 11.7. The van der Waals surface area contributed by atoms with Gasteiger partial charge in [0.25, 0.3) is 0 Å². The molecule has 0 aliphatic heterocycles. The van der Waals surface area contributed by atoms with E-state index in [2.05, 4.69) is 26.0 Å². The van der Waals surface area contributed by atoms with E-state index in [1.807, 2.05) is 48.5 Å². The van der Waals surface area contributed by atoms with E-state index in [1.54, 1.807) is 20.8 Å². The third-order valence-corrected chi connectivity index (χ3v) is 9.60. The van der Waals surface area contributed by atoms with Crippen molar-refractivity contribution < 1.29 is 71.3 Å². The van der Waals surface area contributed by atoms with Crippen LogP contribution in [0.15, 0.2) is 53.6 Å². The van der Waals surface area contributed by atoms with Gasteiger partial charge in [-0.05, 0) is 55.0 Å². The molecule has 0 saturated heterocycles. The van der Waals surface area contributed by atoms with Gasteiger partial charge in [-0.2, -0.15) is 0 Å². The number of rotatable bonds is 40. The van der Waals surface area contributed by atoms with Gasteiger partial charge in [-0.15, -0.1) is 0 Å². The number of esters is 1. The van der Waals surface area contributed by atoms with Crippen molar-refractivity contribution in [1.29, 1.82) is 0 Å². The van der Waals surface area contributed by atoms with E-state index in [1.165, 1.54) is 0 Å². The highest BCUT2D eigenvalue weighted by Gasteiger charge is 2.31. The zero-order valence-corrected chi connectivity index (χ0v) is 39.9. The monoisotopic (exact) mass is 961 g/mol. The van der Waals surface area contributed by atoms with E-state index >= 15 is 0 Å². The van der Waals surface area contributed by atoms with Crippen LogP contribution in [0.5, 0.6) is 0 Å². The number of carbonyl (C=O) groups excluding carboxylic acids is 4. The Morgan fingerprint density at radius 2 is 0.985 bits per heavy atom. The predicted octanol–water partition coefficient (Wildman–Crippen LogP) is 4.10. The smallest absolute Gasteiger partial charge is 0.407 e. The van der Waals surface area contributed by atoms with Crippen LogP contribution < -0.4 is 16.0 Å². The molecule has 68 heavy (non-hydrogen) atoms. The maximum absolute atomic E-state index is 13.0. The molecule has 21 heteroatoms. The zero-order valence-electron chi connectivity index (χ0n) is 39.9. The summed E-state index contributed by atoms with van der Waals surface area (Å²) < 4.78 is 60.0. The van der Waals surface area contributed by atoms with E-state index in [0.29, 0.717) is 119 Å². The second kappa shape index (κ2) is 36.1. The molecule has 2 aromatic carbocycles. The molecule has 0 saturated carbocycles. The summed E-state index contributed by atoms with van der Waals surface area (Å²) in [6.07, 6.45) is -0.738. The van der Waals surface area contributed by atoms with Crippen molar-refractivity contribution in [3.05, 3.63) is 70.1 Å². The highest BCUT2D eigenvalue weighted by atomic mass is 16.6. The first-order chi connectivity index (χ1) is 33.1. The van der Waals surface area contributed by atoms with Crippen LogP contribution in [-0.4, -0.2) is 181 Å². The molecule has 0 radical (unpaired) electrons. The van der Waals surface area contributed by atoms with Crippen molar-refractivity contribution in [2.24, 2.45) is 5.11 Å². The summed E-state index contributed by atoms with van der Waals surface area (Å²) in [6.45, 7) is 13.4. The van der Waals surface area contributed by atoms with Gasteiger partial charge in [0.05, 0.1) is 119 Å². The lowest BCUT2D eigenvalue weighted by Gasteiger charge is -2.24. The number of carbonyl (C=O) groups is 4. The van der Waals surface area contributed by atoms with E-state index in [-0.39, 0.29) is 63.3 Å². The van der Waals surface area contributed by atoms with Crippen LogP contribution >= 0.6 is 0 Å². The summed E-state index contributed by atoms with van der Waals surface area (Å²) in [4.78, 5) is 53.5. The molecule has 1 aliphatic rings. The van der Waals surface area contributed by atoms with Gasteiger partial charge in [0.2, 0.25) is 11.8 Å². The van der Waals surface area contributed by atoms with Crippen LogP contribution in [-0.2, 0) is 66.5 Å². The normalized spacial score (nSPS) is 12.4. The van der Waals surface area contributed by atoms with E-state index in [0.717, 1.165) is 22.3 Å². The van der Waals surface area contributed by atoms with E-state index in [9.17, 15) is 19.2 Å². The lowest BCUT2D eigenvalue weighted by molar-refractivity contribution is -0.157. The summed E-state index contributed by atoms with van der Waals surface area (Å²) in [7, 11) is 0. The molecule has 3 N–H and O–H groups in total. The predicted molar refractivity (Wildman–Crippen MR) is 249 cm³/mol. The fraction of sp³-hybridized carbons (Fsp3) is 0.660. The number of hydrogen-bond donors (Lipinski definition) is 3. The minimum absolute atomic E-state index is 0.0172. The van der Waals surface area contributed by atoms with E-state index < -0.39 is 23.7 Å². The van der Waals surface area contributed by atoms with Crippen molar-refractivity contribution in [3.63, 3.8) is 0 Å². The Bertz CT molecular complexity index is 1730. The largest absolute Gasteiger partial charge is 0.458 e. The zero-order chi connectivity index (χ0) is 48.9. The average molecular weight is 961 g/mol. The van der Waals surface area contributed by atoms with Crippen molar-refractivity contribution in [2.45, 2.75) is 57.6 Å². The SMILES string of the molecule is CC(C)(C)OC(=O)[C@H](CCC(=O)NCCNC(=O)CCOCCOCCOCCOCCOCCOCCOCCOCCOCCN=[N+]=[N-])NC(=O)OCC1c2ccccc2-c2ccccc21. The molecule has 0 unspecified atom stereocenters. The van der Waals surface area contributed by atoms with Crippen molar-refractivity contribution in [3.8, 4) is 11.1 Å². The molecule has 2 aromatic rings. The number of ether oxygens (including phenoxy) is 11. The highest BCUT2D eigenvalue weighted by Crippen LogP contribution is 2.44. The summed E-state index contributed by atoms with van der Waals surface area (Å²) >= 11 is 0. The van der Waals surface area contributed by atoms with Gasteiger partial charge in [-0.1, -0.05) is 53.6 Å². The molecular weight excluding hydrogens is 889 g/mol. The third kappa shape index (κ3) is 26.6. The minimum atomic E-state index is -1.12.